The van der Waals surface area contributed by atoms with Crippen molar-refractivity contribution < 1.29 is 14.6 Å². The summed E-state index contributed by atoms with van der Waals surface area (Å²) in [6.45, 7) is 5.03. The molecule has 6 rings (SSSR count). The van der Waals surface area contributed by atoms with Crippen LogP contribution in [-0.2, 0) is 0 Å². The summed E-state index contributed by atoms with van der Waals surface area (Å²) in [5.41, 5.74) is 3.77. The summed E-state index contributed by atoms with van der Waals surface area (Å²) in [4.78, 5) is 34.2. The summed E-state index contributed by atoms with van der Waals surface area (Å²) in [6, 6.07) is 20.4. The van der Waals surface area contributed by atoms with Crippen LogP contribution < -0.4 is 15.0 Å². The summed E-state index contributed by atoms with van der Waals surface area (Å²) < 4.78 is 5.38. The molecular weight excluding hydrogens is 518 g/mol. The van der Waals surface area contributed by atoms with E-state index in [0.29, 0.717) is 51.5 Å². The maximum atomic E-state index is 12.9. The zero-order chi connectivity index (χ0) is 28.2. The van der Waals surface area contributed by atoms with Crippen molar-refractivity contribution in [1.82, 2.24) is 30.2 Å². The second kappa shape index (κ2) is 11.6. The van der Waals surface area contributed by atoms with Crippen molar-refractivity contribution in [3.05, 3.63) is 84.7 Å². The predicted octanol–water partition coefficient (Wildman–Crippen LogP) is 3.95. The molecule has 10 heteroatoms. The molecule has 208 valence electrons. The number of aromatic hydroxyl groups is 1. The van der Waals surface area contributed by atoms with E-state index >= 15 is 0 Å². The van der Waals surface area contributed by atoms with Gasteiger partial charge < -0.3 is 25.0 Å². The predicted molar refractivity (Wildman–Crippen MR) is 158 cm³/mol. The number of rotatable bonds is 8. The fourth-order valence-corrected chi connectivity index (χ4v) is 5.16. The number of pyridine rings is 2. The Labute approximate surface area is 237 Å². The highest BCUT2D eigenvalue weighted by Crippen LogP contribution is 2.40. The largest absolute Gasteiger partial charge is 0.507 e. The highest BCUT2D eigenvalue weighted by atomic mass is 16.5. The van der Waals surface area contributed by atoms with E-state index in [0.717, 1.165) is 38.5 Å². The highest BCUT2D eigenvalue weighted by Gasteiger charge is 2.19. The molecule has 2 aromatic carbocycles. The molecule has 41 heavy (non-hydrogen) atoms. The van der Waals surface area contributed by atoms with Crippen molar-refractivity contribution in [2.24, 2.45) is 0 Å². The maximum Gasteiger partial charge on any atom is 0.251 e. The number of anilines is 1. The third-order valence-corrected chi connectivity index (χ3v) is 7.35. The fourth-order valence-electron chi connectivity index (χ4n) is 5.16. The fraction of sp³-hybridized carbons (Fsp3) is 0.226. The normalized spacial score (nSPS) is 13.8. The average Bonchev–Trinajstić information content (AvgIpc) is 3.45. The second-order valence-corrected chi connectivity index (χ2v) is 9.85. The number of fused-ring (bicyclic) bond motifs is 1. The van der Waals surface area contributed by atoms with Gasteiger partial charge in [-0.15, -0.1) is 0 Å². The number of nitrogens with zero attached hydrogens (tertiary/aromatic N) is 5. The number of ether oxygens (including phenoxy) is 1. The first kappa shape index (κ1) is 26.3. The molecule has 5 aromatic rings. The van der Waals surface area contributed by atoms with Crippen molar-refractivity contribution in [2.75, 3.05) is 51.3 Å². The Morgan fingerprint density at radius 3 is 2.56 bits per heavy atom. The quantitative estimate of drug-likeness (QED) is 0.266. The number of aromatic nitrogens is 4. The van der Waals surface area contributed by atoms with E-state index in [9.17, 15) is 9.90 Å². The van der Waals surface area contributed by atoms with E-state index < -0.39 is 0 Å². The molecule has 0 radical (unpaired) electrons. The smallest absolute Gasteiger partial charge is 0.251 e. The van der Waals surface area contributed by atoms with Gasteiger partial charge in [-0.1, -0.05) is 18.2 Å². The Hall–Kier alpha value is -4.96. The Morgan fingerprint density at radius 1 is 0.951 bits per heavy atom. The number of carbonyl (C=O) groups is 1. The lowest BCUT2D eigenvalue weighted by Crippen LogP contribution is -2.48. The number of phenols is 1. The molecule has 1 fully saturated rings. The van der Waals surface area contributed by atoms with Gasteiger partial charge in [0.2, 0.25) is 5.88 Å². The number of carbonyl (C=O) groups excluding carboxylic acids is 1. The molecule has 3 N–H and O–H groups in total. The lowest BCUT2D eigenvalue weighted by molar-refractivity contribution is 0.0948. The number of amides is 1. The molecule has 1 aliphatic rings. The van der Waals surface area contributed by atoms with Gasteiger partial charge in [-0.25, -0.2) is 15.0 Å². The zero-order valence-corrected chi connectivity index (χ0v) is 22.7. The topological polar surface area (TPSA) is 119 Å². The van der Waals surface area contributed by atoms with Crippen molar-refractivity contribution >= 4 is 22.8 Å². The number of para-hydroxylation sites is 1. The summed E-state index contributed by atoms with van der Waals surface area (Å²) in [6.07, 6.45) is 3.46. The Morgan fingerprint density at radius 2 is 1.76 bits per heavy atom. The van der Waals surface area contributed by atoms with E-state index in [2.05, 4.69) is 35.1 Å². The van der Waals surface area contributed by atoms with Gasteiger partial charge in [0.25, 0.3) is 5.91 Å². The van der Waals surface area contributed by atoms with Crippen molar-refractivity contribution in [2.45, 2.75) is 0 Å². The van der Waals surface area contributed by atoms with Crippen LogP contribution in [0.25, 0.3) is 33.5 Å². The molecular formula is C31H31N7O3. The molecule has 4 heterocycles. The van der Waals surface area contributed by atoms with Crippen molar-refractivity contribution in [3.63, 3.8) is 0 Å². The highest BCUT2D eigenvalue weighted by molar-refractivity contribution is 5.98. The Balaban J connectivity index is 1.10. The van der Waals surface area contributed by atoms with Crippen LogP contribution in [0.5, 0.6) is 11.6 Å². The number of benzene rings is 2. The number of phenolic OH excluding ortho intramolecular Hbond substituents is 1. The third-order valence-electron chi connectivity index (χ3n) is 7.35. The second-order valence-electron chi connectivity index (χ2n) is 9.85. The number of hydrogen-bond donors (Lipinski definition) is 3. The molecule has 1 saturated heterocycles. The SMILES string of the molecule is COc1ncccc1-c1cccc(-c2nc3ccc(C(=O)NCCN4CCN(c5ccccn5)CC4)cc3[nH]2)c1O. The molecule has 3 aromatic heterocycles. The molecule has 0 spiro atoms. The van der Waals surface area contributed by atoms with Crippen LogP contribution in [0.15, 0.2) is 79.1 Å². The van der Waals surface area contributed by atoms with Crippen LogP contribution in [0.3, 0.4) is 0 Å². The lowest BCUT2D eigenvalue weighted by atomic mass is 10.0. The van der Waals surface area contributed by atoms with Gasteiger partial charge in [-0.3, -0.25) is 9.69 Å². The molecule has 0 unspecified atom stereocenters. The number of methoxy groups -OCH3 is 1. The number of nitrogens with one attached hydrogen (secondary N) is 2. The first-order chi connectivity index (χ1) is 20.1. The standard InChI is InChI=1S/C31H31N7O3/c1-41-31-23(8-5-13-34-31)22-6-4-7-24(28(22)39)29-35-25-11-10-21(20-26(25)36-29)30(40)33-14-15-37-16-18-38(19-17-37)27-9-2-3-12-32-27/h2-13,20,39H,14-19H2,1H3,(H,33,40)(H,35,36). The van der Waals surface area contributed by atoms with Crippen LogP contribution in [0, 0.1) is 0 Å². The summed E-state index contributed by atoms with van der Waals surface area (Å²) in [7, 11) is 1.55. The molecule has 0 aliphatic carbocycles. The first-order valence-corrected chi connectivity index (χ1v) is 13.6. The Kier molecular flexibility index (Phi) is 7.46. The average molecular weight is 550 g/mol. The van der Waals surface area contributed by atoms with Crippen LogP contribution in [-0.4, -0.2) is 82.2 Å². The maximum absolute atomic E-state index is 12.9. The minimum Gasteiger partial charge on any atom is -0.507 e. The van der Waals surface area contributed by atoms with Gasteiger partial charge in [-0.05, 0) is 48.5 Å². The van der Waals surface area contributed by atoms with Gasteiger partial charge in [0.05, 0.1) is 23.7 Å². The van der Waals surface area contributed by atoms with Crippen molar-refractivity contribution in [1.29, 1.82) is 0 Å². The monoisotopic (exact) mass is 549 g/mol. The van der Waals surface area contributed by atoms with E-state index in [1.807, 2.05) is 48.7 Å². The third kappa shape index (κ3) is 5.55. The van der Waals surface area contributed by atoms with Gasteiger partial charge in [0.15, 0.2) is 0 Å². The lowest BCUT2D eigenvalue weighted by Gasteiger charge is -2.35. The first-order valence-electron chi connectivity index (χ1n) is 13.6. The summed E-state index contributed by atoms with van der Waals surface area (Å²) in [5.74, 6) is 1.87. The van der Waals surface area contributed by atoms with Crippen LogP contribution in [0.1, 0.15) is 10.4 Å². The molecule has 10 nitrogen and oxygen atoms in total. The molecule has 0 saturated carbocycles. The van der Waals surface area contributed by atoms with Gasteiger partial charge in [0.1, 0.15) is 17.4 Å². The van der Waals surface area contributed by atoms with Gasteiger partial charge in [-0.2, -0.15) is 0 Å². The van der Waals surface area contributed by atoms with Gasteiger partial charge >= 0.3 is 0 Å². The van der Waals surface area contributed by atoms with Crippen LogP contribution in [0.4, 0.5) is 5.82 Å². The molecule has 0 bridgehead atoms. The minimum atomic E-state index is -0.135. The minimum absolute atomic E-state index is 0.0664. The number of aromatic amines is 1. The van der Waals surface area contributed by atoms with Crippen LogP contribution >= 0.6 is 0 Å². The van der Waals surface area contributed by atoms with E-state index in [-0.39, 0.29) is 11.7 Å². The molecule has 1 amide bonds. The number of imidazole rings is 1. The van der Waals surface area contributed by atoms with E-state index in [1.54, 1.807) is 37.6 Å². The molecule has 1 aliphatic heterocycles. The number of piperazine rings is 1. The van der Waals surface area contributed by atoms with Crippen molar-refractivity contribution in [3.8, 4) is 34.1 Å². The molecule has 0 atom stereocenters. The van der Waals surface area contributed by atoms with E-state index in [4.69, 9.17) is 4.74 Å². The Bertz CT molecular complexity index is 1660. The zero-order valence-electron chi connectivity index (χ0n) is 22.7. The summed E-state index contributed by atoms with van der Waals surface area (Å²) in [5, 5.41) is 14.2. The van der Waals surface area contributed by atoms with E-state index in [1.165, 1.54) is 0 Å². The number of H-pyrrole nitrogens is 1. The summed E-state index contributed by atoms with van der Waals surface area (Å²) >= 11 is 0. The number of hydrogen-bond acceptors (Lipinski definition) is 8. The van der Waals surface area contributed by atoms with Crippen LogP contribution in [0.2, 0.25) is 0 Å². The van der Waals surface area contributed by atoms with Gasteiger partial charge in [0, 0.05) is 68.4 Å².